The van der Waals surface area contributed by atoms with E-state index in [1.54, 1.807) is 6.20 Å². The van der Waals surface area contributed by atoms with Gasteiger partial charge in [0, 0.05) is 19.1 Å². The van der Waals surface area contributed by atoms with Crippen molar-refractivity contribution >= 4 is 29.0 Å². The van der Waals surface area contributed by atoms with Crippen molar-refractivity contribution in [3.63, 3.8) is 0 Å². The minimum Gasteiger partial charge on any atom is -0.444 e. The predicted molar refractivity (Wildman–Crippen MR) is 88.8 cm³/mol. The topological polar surface area (TPSA) is 72.5 Å². The largest absolute Gasteiger partial charge is 0.444 e. The molecule has 1 amide bonds. The number of rotatable bonds is 4. The minimum atomic E-state index is -0.500. The lowest BCUT2D eigenvalue weighted by Crippen LogP contribution is -2.70. The zero-order chi connectivity index (χ0) is 16.6. The van der Waals surface area contributed by atoms with E-state index >= 15 is 0 Å². The monoisotopic (exact) mass is 359 g/mol. The SMILES string of the molecule is CC(C)(C)OC(=O)NC1C2CCOC2C1NCc1ncc(Cl)s1. The number of hydrogen-bond acceptors (Lipinski definition) is 6. The molecule has 1 aromatic rings. The van der Waals surface area contributed by atoms with Gasteiger partial charge in [-0.25, -0.2) is 9.78 Å². The summed E-state index contributed by atoms with van der Waals surface area (Å²) in [5, 5.41) is 7.35. The van der Waals surface area contributed by atoms with E-state index in [9.17, 15) is 4.79 Å². The highest BCUT2D eigenvalue weighted by Crippen LogP contribution is 2.39. The molecule has 2 N–H and O–H groups in total. The fraction of sp³-hybridized carbons (Fsp3) is 0.733. The highest BCUT2D eigenvalue weighted by Gasteiger charge is 2.54. The van der Waals surface area contributed by atoms with Gasteiger partial charge in [-0.05, 0) is 27.2 Å². The first-order valence-corrected chi connectivity index (χ1v) is 8.97. The van der Waals surface area contributed by atoms with Crippen molar-refractivity contribution in [1.82, 2.24) is 15.6 Å². The normalized spacial score (nSPS) is 29.7. The molecule has 6 nitrogen and oxygen atoms in total. The van der Waals surface area contributed by atoms with Gasteiger partial charge in [-0.15, -0.1) is 11.3 Å². The number of nitrogens with zero attached hydrogens (tertiary/aromatic N) is 1. The molecule has 0 spiro atoms. The third-order valence-corrected chi connectivity index (χ3v) is 5.20. The van der Waals surface area contributed by atoms with Gasteiger partial charge in [0.1, 0.15) is 14.9 Å². The highest BCUT2D eigenvalue weighted by molar-refractivity contribution is 7.15. The van der Waals surface area contributed by atoms with Crippen molar-refractivity contribution in [3.05, 3.63) is 15.5 Å². The second-order valence-electron chi connectivity index (χ2n) is 6.92. The maximum atomic E-state index is 12.0. The fourth-order valence-electron chi connectivity index (χ4n) is 3.17. The summed E-state index contributed by atoms with van der Waals surface area (Å²) in [7, 11) is 0. The van der Waals surface area contributed by atoms with Crippen LogP contribution in [0, 0.1) is 5.92 Å². The second-order valence-corrected chi connectivity index (χ2v) is 8.67. The molecular formula is C15H22ClN3O3S. The van der Waals surface area contributed by atoms with E-state index < -0.39 is 5.60 Å². The maximum absolute atomic E-state index is 12.0. The van der Waals surface area contributed by atoms with Gasteiger partial charge in [-0.1, -0.05) is 11.6 Å². The van der Waals surface area contributed by atoms with Crippen LogP contribution in [0.5, 0.6) is 0 Å². The van der Waals surface area contributed by atoms with Crippen LogP contribution in [0.4, 0.5) is 4.79 Å². The fourth-order valence-corrected chi connectivity index (χ4v) is 4.07. The Morgan fingerprint density at radius 3 is 2.96 bits per heavy atom. The summed E-state index contributed by atoms with van der Waals surface area (Å²) in [5.41, 5.74) is -0.500. The summed E-state index contributed by atoms with van der Waals surface area (Å²) in [4.78, 5) is 16.3. The number of amides is 1. The molecule has 0 radical (unpaired) electrons. The van der Waals surface area contributed by atoms with Crippen molar-refractivity contribution in [2.45, 2.75) is 57.5 Å². The number of aromatic nitrogens is 1. The van der Waals surface area contributed by atoms with Gasteiger partial charge in [0.2, 0.25) is 0 Å². The lowest BCUT2D eigenvalue weighted by Gasteiger charge is -2.48. The van der Waals surface area contributed by atoms with Crippen LogP contribution in [0.3, 0.4) is 0 Å². The Labute approximate surface area is 144 Å². The van der Waals surface area contributed by atoms with Crippen LogP contribution in [-0.4, -0.2) is 41.5 Å². The zero-order valence-corrected chi connectivity index (χ0v) is 15.0. The van der Waals surface area contributed by atoms with E-state index in [-0.39, 0.29) is 24.3 Å². The number of carbonyl (C=O) groups is 1. The van der Waals surface area contributed by atoms with Crippen LogP contribution in [0.25, 0.3) is 0 Å². The van der Waals surface area contributed by atoms with Gasteiger partial charge in [-0.2, -0.15) is 0 Å². The molecule has 2 heterocycles. The number of halogens is 1. The molecule has 8 heteroatoms. The molecule has 1 aliphatic heterocycles. The van der Waals surface area contributed by atoms with E-state index in [4.69, 9.17) is 21.1 Å². The molecule has 1 aromatic heterocycles. The van der Waals surface area contributed by atoms with E-state index in [1.807, 2.05) is 20.8 Å². The van der Waals surface area contributed by atoms with Crippen LogP contribution >= 0.6 is 22.9 Å². The van der Waals surface area contributed by atoms with Gasteiger partial charge in [0.25, 0.3) is 0 Å². The van der Waals surface area contributed by atoms with Crippen LogP contribution in [-0.2, 0) is 16.0 Å². The first kappa shape index (κ1) is 17.0. The third kappa shape index (κ3) is 3.96. The molecule has 1 saturated heterocycles. The molecule has 0 bridgehead atoms. The predicted octanol–water partition coefficient (Wildman–Crippen LogP) is 2.57. The highest BCUT2D eigenvalue weighted by atomic mass is 35.5. The average Bonchev–Trinajstić information content (AvgIpc) is 3.02. The van der Waals surface area contributed by atoms with Crippen molar-refractivity contribution in [2.75, 3.05) is 6.61 Å². The van der Waals surface area contributed by atoms with E-state index in [1.165, 1.54) is 11.3 Å². The standard InChI is InChI=1S/C15H22ClN3O3S/c1-15(2,3)22-14(20)19-11-8-4-5-21-13(8)12(11)18-7-10-17-6-9(16)23-10/h6,8,11-13,18H,4-5,7H2,1-3H3,(H,19,20). The first-order valence-electron chi connectivity index (χ1n) is 7.78. The van der Waals surface area contributed by atoms with Gasteiger partial charge in [0.15, 0.2) is 0 Å². The number of hydrogen-bond donors (Lipinski definition) is 2. The summed E-state index contributed by atoms with van der Waals surface area (Å²) in [6, 6.07) is 0.0884. The molecule has 2 aliphatic rings. The summed E-state index contributed by atoms with van der Waals surface area (Å²) in [6.45, 7) is 6.93. The van der Waals surface area contributed by atoms with Gasteiger partial charge < -0.3 is 20.1 Å². The van der Waals surface area contributed by atoms with Gasteiger partial charge in [-0.3, -0.25) is 0 Å². The van der Waals surface area contributed by atoms with E-state index in [0.717, 1.165) is 18.0 Å². The molecule has 1 aliphatic carbocycles. The molecule has 1 saturated carbocycles. The first-order chi connectivity index (χ1) is 10.8. The molecular weight excluding hydrogens is 338 g/mol. The molecule has 4 unspecified atom stereocenters. The van der Waals surface area contributed by atoms with Crippen molar-refractivity contribution in [2.24, 2.45) is 5.92 Å². The summed E-state index contributed by atoms with van der Waals surface area (Å²) in [5.74, 6) is 0.347. The van der Waals surface area contributed by atoms with Crippen LogP contribution in [0.1, 0.15) is 32.2 Å². The molecule has 4 atom stereocenters. The number of thiazole rings is 1. The Balaban J connectivity index is 1.57. The van der Waals surface area contributed by atoms with E-state index in [0.29, 0.717) is 16.8 Å². The Morgan fingerprint density at radius 1 is 1.52 bits per heavy atom. The van der Waals surface area contributed by atoms with Crippen LogP contribution in [0.2, 0.25) is 4.34 Å². The summed E-state index contributed by atoms with van der Waals surface area (Å²) in [6.07, 6.45) is 2.38. The van der Waals surface area contributed by atoms with Crippen molar-refractivity contribution < 1.29 is 14.3 Å². The number of alkyl carbamates (subject to hydrolysis) is 1. The molecule has 23 heavy (non-hydrogen) atoms. The molecule has 0 aromatic carbocycles. The molecule has 2 fully saturated rings. The third-order valence-electron chi connectivity index (χ3n) is 4.08. The number of ether oxygens (including phenoxy) is 2. The lowest BCUT2D eigenvalue weighted by molar-refractivity contribution is -0.0344. The van der Waals surface area contributed by atoms with Crippen molar-refractivity contribution in [1.29, 1.82) is 0 Å². The Morgan fingerprint density at radius 2 is 2.30 bits per heavy atom. The van der Waals surface area contributed by atoms with Crippen molar-refractivity contribution in [3.8, 4) is 0 Å². The smallest absolute Gasteiger partial charge is 0.407 e. The second kappa shape index (κ2) is 6.55. The zero-order valence-electron chi connectivity index (χ0n) is 13.5. The number of nitrogens with one attached hydrogen (secondary N) is 2. The summed E-state index contributed by atoms with van der Waals surface area (Å²) >= 11 is 7.35. The van der Waals surface area contributed by atoms with Crippen LogP contribution in [0.15, 0.2) is 6.20 Å². The number of carbonyl (C=O) groups excluding carboxylic acids is 1. The van der Waals surface area contributed by atoms with Gasteiger partial charge >= 0.3 is 6.09 Å². The quantitative estimate of drug-likeness (QED) is 0.864. The van der Waals surface area contributed by atoms with E-state index in [2.05, 4.69) is 15.6 Å². The Hall–Kier alpha value is -0.890. The average molecular weight is 360 g/mol. The Bertz CT molecular complexity index is 575. The number of fused-ring (bicyclic) bond motifs is 1. The lowest BCUT2D eigenvalue weighted by atomic mass is 9.71. The summed E-state index contributed by atoms with van der Waals surface area (Å²) < 4.78 is 11.8. The molecule has 3 rings (SSSR count). The molecule has 128 valence electrons. The Kier molecular flexibility index (Phi) is 4.83. The van der Waals surface area contributed by atoms with Gasteiger partial charge in [0.05, 0.1) is 24.4 Å². The minimum absolute atomic E-state index is 0.0211. The maximum Gasteiger partial charge on any atom is 0.407 e. The van der Waals surface area contributed by atoms with Crippen LogP contribution < -0.4 is 10.6 Å².